The first-order valence-electron chi connectivity index (χ1n) is 5.90. The third-order valence-electron chi connectivity index (χ3n) is 2.74. The summed E-state index contributed by atoms with van der Waals surface area (Å²) in [5.41, 5.74) is 3.76. The van der Waals surface area contributed by atoms with Crippen LogP contribution in [0.1, 0.15) is 11.1 Å². The van der Waals surface area contributed by atoms with Crippen molar-refractivity contribution < 1.29 is 27.6 Å². The molecule has 5 nitrogen and oxygen atoms in total. The zero-order chi connectivity index (χ0) is 16.5. The molecule has 1 aliphatic rings. The highest BCUT2D eigenvalue weighted by Gasteiger charge is 2.37. The maximum Gasteiger partial charge on any atom is 0.416 e. The van der Waals surface area contributed by atoms with Crippen LogP contribution >= 0.6 is 11.8 Å². The average Bonchev–Trinajstić information content (AvgIpc) is 2.65. The Labute approximate surface area is 126 Å². The summed E-state index contributed by atoms with van der Waals surface area (Å²) in [6.07, 6.45) is -3.61. The fraction of sp³-hybridized carbons (Fsp3) is 0.154. The van der Waals surface area contributed by atoms with Crippen molar-refractivity contribution in [1.82, 2.24) is 4.90 Å². The molecule has 0 bridgehead atoms. The summed E-state index contributed by atoms with van der Waals surface area (Å²) >= 11 is 0.461. The number of amides is 3. The second-order valence-corrected chi connectivity index (χ2v) is 5.31. The number of nitrogens with zero attached hydrogens (tertiary/aromatic N) is 1. The van der Waals surface area contributed by atoms with E-state index in [0.29, 0.717) is 16.7 Å². The summed E-state index contributed by atoms with van der Waals surface area (Å²) in [6, 6.07) is 4.66. The van der Waals surface area contributed by atoms with Gasteiger partial charge in [-0.1, -0.05) is 18.2 Å². The first kappa shape index (κ1) is 16.1. The molecule has 1 heterocycles. The van der Waals surface area contributed by atoms with E-state index in [-0.39, 0.29) is 10.5 Å². The molecular formula is C13H9F3N2O3S. The standard InChI is InChI=1S/C13H9F3N2O3S/c14-13(15,16)8-4-2-1-3-7(8)5-9-11(20)18(6-10(17)19)12(21)22-9/h1-5H,6H2,(H2,17,19)/b9-5-. The van der Waals surface area contributed by atoms with Crippen LogP contribution in [0.5, 0.6) is 0 Å². The highest BCUT2D eigenvalue weighted by atomic mass is 32.2. The van der Waals surface area contributed by atoms with E-state index in [1.807, 2.05) is 0 Å². The highest BCUT2D eigenvalue weighted by Crippen LogP contribution is 2.36. The fourth-order valence-corrected chi connectivity index (χ4v) is 2.64. The molecule has 0 unspecified atom stereocenters. The first-order valence-corrected chi connectivity index (χ1v) is 6.71. The molecule has 22 heavy (non-hydrogen) atoms. The molecule has 1 aromatic rings. The lowest BCUT2D eigenvalue weighted by Gasteiger charge is -2.10. The van der Waals surface area contributed by atoms with E-state index in [2.05, 4.69) is 0 Å². The molecule has 1 aliphatic heterocycles. The molecule has 0 saturated carbocycles. The van der Waals surface area contributed by atoms with Crippen molar-refractivity contribution in [2.75, 3.05) is 6.54 Å². The Hall–Kier alpha value is -2.29. The van der Waals surface area contributed by atoms with Crippen molar-refractivity contribution in [3.8, 4) is 0 Å². The van der Waals surface area contributed by atoms with Gasteiger partial charge in [-0.15, -0.1) is 0 Å². The lowest BCUT2D eigenvalue weighted by Crippen LogP contribution is -2.36. The highest BCUT2D eigenvalue weighted by molar-refractivity contribution is 8.18. The van der Waals surface area contributed by atoms with E-state index < -0.39 is 35.3 Å². The minimum absolute atomic E-state index is 0.192. The molecule has 0 aliphatic carbocycles. The molecule has 0 spiro atoms. The van der Waals surface area contributed by atoms with Gasteiger partial charge in [0.05, 0.1) is 10.5 Å². The Kier molecular flexibility index (Phi) is 4.27. The van der Waals surface area contributed by atoms with Gasteiger partial charge in [0.2, 0.25) is 5.91 Å². The summed E-state index contributed by atoms with van der Waals surface area (Å²) in [5, 5.41) is -0.750. The molecule has 9 heteroatoms. The normalized spacial score (nSPS) is 17.4. The van der Waals surface area contributed by atoms with Gasteiger partial charge >= 0.3 is 6.18 Å². The minimum Gasteiger partial charge on any atom is -0.368 e. The number of alkyl halides is 3. The molecule has 1 fully saturated rings. The predicted octanol–water partition coefficient (Wildman–Crippen LogP) is 2.23. The first-order chi connectivity index (χ1) is 10.2. The molecule has 0 atom stereocenters. The van der Waals surface area contributed by atoms with Crippen molar-refractivity contribution in [2.24, 2.45) is 5.73 Å². The Morgan fingerprint density at radius 2 is 1.91 bits per heavy atom. The van der Waals surface area contributed by atoms with Gasteiger partial charge in [0.15, 0.2) is 0 Å². The summed E-state index contributed by atoms with van der Waals surface area (Å²) in [6.45, 7) is -0.608. The molecule has 0 radical (unpaired) electrons. The van der Waals surface area contributed by atoms with Crippen LogP contribution in [0.25, 0.3) is 6.08 Å². The van der Waals surface area contributed by atoms with Crippen LogP contribution < -0.4 is 5.73 Å². The van der Waals surface area contributed by atoms with Crippen molar-refractivity contribution in [3.05, 3.63) is 40.3 Å². The topological polar surface area (TPSA) is 80.5 Å². The lowest BCUT2D eigenvalue weighted by atomic mass is 10.1. The summed E-state index contributed by atoms with van der Waals surface area (Å²) in [5.74, 6) is -1.73. The molecule has 2 rings (SSSR count). The maximum absolute atomic E-state index is 12.9. The van der Waals surface area contributed by atoms with Crippen LogP contribution in [0.4, 0.5) is 18.0 Å². The van der Waals surface area contributed by atoms with Gasteiger partial charge in [-0.05, 0) is 29.5 Å². The molecule has 1 saturated heterocycles. The number of hydrogen-bond donors (Lipinski definition) is 1. The fourth-order valence-electron chi connectivity index (χ4n) is 1.81. The maximum atomic E-state index is 12.9. The van der Waals surface area contributed by atoms with E-state index in [1.54, 1.807) is 0 Å². The third kappa shape index (κ3) is 3.30. The van der Waals surface area contributed by atoms with Gasteiger partial charge in [0, 0.05) is 0 Å². The molecule has 116 valence electrons. The number of rotatable bonds is 3. The zero-order valence-corrected chi connectivity index (χ0v) is 11.7. The average molecular weight is 330 g/mol. The third-order valence-corrected chi connectivity index (χ3v) is 3.65. The van der Waals surface area contributed by atoms with Crippen molar-refractivity contribution in [3.63, 3.8) is 0 Å². The Morgan fingerprint density at radius 3 is 2.50 bits per heavy atom. The second-order valence-electron chi connectivity index (χ2n) is 4.32. The number of imide groups is 1. The van der Waals surface area contributed by atoms with Gasteiger partial charge in [-0.3, -0.25) is 19.3 Å². The van der Waals surface area contributed by atoms with Crippen molar-refractivity contribution in [1.29, 1.82) is 0 Å². The molecule has 3 amide bonds. The number of benzene rings is 1. The van der Waals surface area contributed by atoms with E-state index in [4.69, 9.17) is 5.73 Å². The Balaban J connectivity index is 2.38. The Morgan fingerprint density at radius 1 is 1.27 bits per heavy atom. The number of primary amides is 1. The van der Waals surface area contributed by atoms with Crippen LogP contribution in [0.2, 0.25) is 0 Å². The summed E-state index contributed by atoms with van der Waals surface area (Å²) < 4.78 is 38.7. The number of carbonyl (C=O) groups excluding carboxylic acids is 3. The number of hydrogen-bond acceptors (Lipinski definition) is 4. The van der Waals surface area contributed by atoms with Gasteiger partial charge < -0.3 is 5.73 Å². The van der Waals surface area contributed by atoms with Gasteiger partial charge in [-0.25, -0.2) is 0 Å². The quantitative estimate of drug-likeness (QED) is 0.862. The van der Waals surface area contributed by atoms with Crippen LogP contribution in [0, 0.1) is 0 Å². The number of carbonyl (C=O) groups is 3. The minimum atomic E-state index is -4.59. The largest absolute Gasteiger partial charge is 0.416 e. The SMILES string of the molecule is NC(=O)CN1C(=O)S/C(=C\c2ccccc2C(F)(F)F)C1=O. The van der Waals surface area contributed by atoms with Crippen LogP contribution in [0.15, 0.2) is 29.2 Å². The van der Waals surface area contributed by atoms with Gasteiger partial charge in [0.25, 0.3) is 11.1 Å². The van der Waals surface area contributed by atoms with E-state index in [0.717, 1.165) is 12.1 Å². The number of nitrogens with two attached hydrogens (primary N) is 1. The smallest absolute Gasteiger partial charge is 0.368 e. The molecule has 1 aromatic carbocycles. The monoisotopic (exact) mass is 330 g/mol. The predicted molar refractivity (Wildman–Crippen MR) is 73.3 cm³/mol. The summed E-state index contributed by atoms with van der Waals surface area (Å²) in [7, 11) is 0. The lowest BCUT2D eigenvalue weighted by molar-refractivity contribution is -0.137. The van der Waals surface area contributed by atoms with Crippen molar-refractivity contribution in [2.45, 2.75) is 6.18 Å². The van der Waals surface area contributed by atoms with E-state index in [9.17, 15) is 27.6 Å². The Bertz CT molecular complexity index is 685. The zero-order valence-electron chi connectivity index (χ0n) is 10.9. The van der Waals surface area contributed by atoms with Gasteiger partial charge in [0.1, 0.15) is 6.54 Å². The number of thioether (sulfide) groups is 1. The van der Waals surface area contributed by atoms with Gasteiger partial charge in [-0.2, -0.15) is 13.2 Å². The van der Waals surface area contributed by atoms with Crippen molar-refractivity contribution >= 4 is 34.9 Å². The van der Waals surface area contributed by atoms with E-state index >= 15 is 0 Å². The molecule has 2 N–H and O–H groups in total. The van der Waals surface area contributed by atoms with Crippen LogP contribution in [-0.4, -0.2) is 28.5 Å². The molecular weight excluding hydrogens is 321 g/mol. The number of halogens is 3. The second kappa shape index (κ2) is 5.84. The summed E-state index contributed by atoms with van der Waals surface area (Å²) in [4.78, 5) is 34.7. The van der Waals surface area contributed by atoms with Crippen LogP contribution in [-0.2, 0) is 15.8 Å². The molecule has 0 aromatic heterocycles. The van der Waals surface area contributed by atoms with E-state index in [1.165, 1.54) is 18.2 Å². The van der Waals surface area contributed by atoms with Crippen LogP contribution in [0.3, 0.4) is 0 Å².